The second kappa shape index (κ2) is 5.81. The molecule has 18 heavy (non-hydrogen) atoms. The molecule has 0 aromatic rings. The van der Waals surface area contributed by atoms with E-state index in [9.17, 15) is 14.9 Å². The zero-order valence-corrected chi connectivity index (χ0v) is 11.9. The molecule has 0 aliphatic carbocycles. The minimum absolute atomic E-state index is 0.209. The number of nitrogens with zero attached hydrogens (tertiary/aromatic N) is 1. The highest BCUT2D eigenvalue weighted by Gasteiger charge is 2.43. The zero-order chi connectivity index (χ0) is 14.6. The van der Waals surface area contributed by atoms with E-state index in [-0.39, 0.29) is 11.7 Å². The number of hydrogen-bond acceptors (Lipinski definition) is 4. The first-order valence-corrected chi connectivity index (χ1v) is 5.89. The Kier molecular flexibility index (Phi) is 5.29. The van der Waals surface area contributed by atoms with Crippen molar-refractivity contribution < 1.29 is 14.3 Å². The molecule has 0 fully saturated rings. The normalized spacial score (nSPS) is 15.2. The van der Waals surface area contributed by atoms with Gasteiger partial charge in [0.25, 0.3) is 0 Å². The van der Waals surface area contributed by atoms with Crippen molar-refractivity contribution in [1.29, 1.82) is 5.26 Å². The number of esters is 1. The van der Waals surface area contributed by atoms with Crippen LogP contribution in [0.15, 0.2) is 12.2 Å². The molecule has 4 heteroatoms. The summed E-state index contributed by atoms with van der Waals surface area (Å²) in [5.74, 6) is -1.11. The Labute approximate surface area is 109 Å². The van der Waals surface area contributed by atoms with Crippen LogP contribution in [0.3, 0.4) is 0 Å². The van der Waals surface area contributed by atoms with Crippen molar-refractivity contribution in [2.45, 2.75) is 47.1 Å². The van der Waals surface area contributed by atoms with E-state index in [1.807, 2.05) is 6.07 Å². The molecule has 0 N–H and O–H groups in total. The molecule has 0 saturated heterocycles. The van der Waals surface area contributed by atoms with E-state index in [1.165, 1.54) is 19.1 Å². The number of allylic oxidation sites excluding steroid dienone is 1. The molecule has 0 spiro atoms. The highest BCUT2D eigenvalue weighted by atomic mass is 16.6. The predicted molar refractivity (Wildman–Crippen MR) is 68.6 cm³/mol. The Morgan fingerprint density at radius 3 is 2.06 bits per heavy atom. The van der Waals surface area contributed by atoms with Gasteiger partial charge in [-0.15, -0.1) is 0 Å². The molecule has 0 saturated carbocycles. The van der Waals surface area contributed by atoms with Crippen molar-refractivity contribution in [2.75, 3.05) is 0 Å². The predicted octanol–water partition coefficient (Wildman–Crippen LogP) is 2.64. The first-order chi connectivity index (χ1) is 8.05. The largest absolute Gasteiger partial charge is 0.459 e. The average Bonchev–Trinajstić information content (AvgIpc) is 2.15. The fourth-order valence-corrected chi connectivity index (χ4v) is 1.32. The topological polar surface area (TPSA) is 67.2 Å². The van der Waals surface area contributed by atoms with Gasteiger partial charge in [0.2, 0.25) is 0 Å². The van der Waals surface area contributed by atoms with Gasteiger partial charge in [-0.05, 0) is 45.8 Å². The Hall–Kier alpha value is -1.63. The van der Waals surface area contributed by atoms with Crippen LogP contribution in [0.1, 0.15) is 41.5 Å². The van der Waals surface area contributed by atoms with Crippen LogP contribution >= 0.6 is 0 Å². The number of ketones is 1. The fraction of sp³-hybridized carbons (Fsp3) is 0.643. The highest BCUT2D eigenvalue weighted by Crippen LogP contribution is 2.32. The van der Waals surface area contributed by atoms with Gasteiger partial charge in [-0.25, -0.2) is 4.79 Å². The van der Waals surface area contributed by atoms with Crippen molar-refractivity contribution >= 4 is 11.8 Å². The SMILES string of the molecule is CC(=O)/C=C/[C@@](C#N)(C(=O)OC(C)(C)C)C(C)C. The molecule has 4 nitrogen and oxygen atoms in total. The maximum atomic E-state index is 12.2. The molecule has 0 radical (unpaired) electrons. The molecule has 0 aromatic carbocycles. The van der Waals surface area contributed by atoms with Crippen LogP contribution in [0.25, 0.3) is 0 Å². The van der Waals surface area contributed by atoms with Gasteiger partial charge in [0.05, 0.1) is 6.07 Å². The second-order valence-corrected chi connectivity index (χ2v) is 5.58. The van der Waals surface area contributed by atoms with Gasteiger partial charge in [0.15, 0.2) is 11.2 Å². The summed E-state index contributed by atoms with van der Waals surface area (Å²) in [5, 5.41) is 9.31. The Morgan fingerprint density at radius 1 is 1.28 bits per heavy atom. The lowest BCUT2D eigenvalue weighted by atomic mass is 9.78. The summed E-state index contributed by atoms with van der Waals surface area (Å²) in [6.07, 6.45) is 2.58. The molecule has 0 aromatic heterocycles. The first kappa shape index (κ1) is 16.4. The fourth-order valence-electron chi connectivity index (χ4n) is 1.32. The molecule has 0 aliphatic heterocycles. The number of rotatable bonds is 4. The maximum absolute atomic E-state index is 12.2. The minimum Gasteiger partial charge on any atom is -0.459 e. The maximum Gasteiger partial charge on any atom is 0.331 e. The second-order valence-electron chi connectivity index (χ2n) is 5.58. The lowest BCUT2D eigenvalue weighted by molar-refractivity contribution is -0.163. The summed E-state index contributed by atoms with van der Waals surface area (Å²) < 4.78 is 5.26. The van der Waals surface area contributed by atoms with E-state index in [4.69, 9.17) is 4.74 Å². The Morgan fingerprint density at radius 2 is 1.78 bits per heavy atom. The summed E-state index contributed by atoms with van der Waals surface area (Å²) in [7, 11) is 0. The molecule has 0 aliphatic rings. The number of carbonyl (C=O) groups is 2. The molecule has 0 rings (SSSR count). The summed E-state index contributed by atoms with van der Waals surface area (Å²) in [6, 6.07) is 1.98. The van der Waals surface area contributed by atoms with E-state index >= 15 is 0 Å². The highest BCUT2D eigenvalue weighted by molar-refractivity contribution is 5.90. The van der Waals surface area contributed by atoms with Crippen molar-refractivity contribution in [1.82, 2.24) is 0 Å². The van der Waals surface area contributed by atoms with E-state index < -0.39 is 17.0 Å². The lowest BCUT2D eigenvalue weighted by Crippen LogP contribution is -2.39. The van der Waals surface area contributed by atoms with E-state index in [0.717, 1.165) is 0 Å². The average molecular weight is 251 g/mol. The third-order valence-corrected chi connectivity index (χ3v) is 2.41. The molecular weight excluding hydrogens is 230 g/mol. The monoisotopic (exact) mass is 251 g/mol. The molecule has 0 amide bonds. The van der Waals surface area contributed by atoms with Gasteiger partial charge in [0, 0.05) is 0 Å². The molecular formula is C14H21NO3. The number of carbonyl (C=O) groups excluding carboxylic acids is 2. The first-order valence-electron chi connectivity index (χ1n) is 5.89. The van der Waals surface area contributed by atoms with Crippen LogP contribution in [0.5, 0.6) is 0 Å². The van der Waals surface area contributed by atoms with Crippen LogP contribution in [0.4, 0.5) is 0 Å². The van der Waals surface area contributed by atoms with Crippen LogP contribution in [-0.4, -0.2) is 17.4 Å². The zero-order valence-electron chi connectivity index (χ0n) is 11.9. The Balaban J connectivity index is 5.43. The van der Waals surface area contributed by atoms with Gasteiger partial charge in [-0.1, -0.05) is 13.8 Å². The van der Waals surface area contributed by atoms with Gasteiger partial charge in [0.1, 0.15) is 5.60 Å². The van der Waals surface area contributed by atoms with Gasteiger partial charge < -0.3 is 4.74 Å². The van der Waals surface area contributed by atoms with Crippen molar-refractivity contribution in [2.24, 2.45) is 11.3 Å². The van der Waals surface area contributed by atoms with E-state index in [1.54, 1.807) is 34.6 Å². The standard InChI is InChI=1S/C14H21NO3/c1-10(2)14(9-15,8-7-11(3)16)12(17)18-13(4,5)6/h7-8,10H,1-6H3/b8-7+/t14-/m0/s1. The van der Waals surface area contributed by atoms with Crippen molar-refractivity contribution in [3.63, 3.8) is 0 Å². The summed E-state index contributed by atoms with van der Waals surface area (Å²) in [5.41, 5.74) is -2.09. The quantitative estimate of drug-likeness (QED) is 0.569. The summed E-state index contributed by atoms with van der Waals surface area (Å²) >= 11 is 0. The van der Waals surface area contributed by atoms with E-state index in [2.05, 4.69) is 0 Å². The molecule has 0 bridgehead atoms. The number of nitriles is 1. The minimum atomic E-state index is -1.42. The molecule has 100 valence electrons. The van der Waals surface area contributed by atoms with Crippen molar-refractivity contribution in [3.05, 3.63) is 12.2 Å². The Bertz CT molecular complexity index is 396. The van der Waals surface area contributed by atoms with Crippen LogP contribution in [-0.2, 0) is 14.3 Å². The molecule has 0 heterocycles. The number of hydrogen-bond donors (Lipinski definition) is 0. The summed E-state index contributed by atoms with van der Waals surface area (Å²) in [6.45, 7) is 10.1. The van der Waals surface area contributed by atoms with Crippen LogP contribution in [0, 0.1) is 22.7 Å². The van der Waals surface area contributed by atoms with Crippen molar-refractivity contribution in [3.8, 4) is 6.07 Å². The molecule has 0 unspecified atom stereocenters. The third kappa shape index (κ3) is 4.33. The smallest absolute Gasteiger partial charge is 0.331 e. The van der Waals surface area contributed by atoms with Crippen LogP contribution < -0.4 is 0 Å². The number of ether oxygens (including phenoxy) is 1. The third-order valence-electron chi connectivity index (χ3n) is 2.41. The van der Waals surface area contributed by atoms with Gasteiger partial charge >= 0.3 is 5.97 Å². The van der Waals surface area contributed by atoms with Gasteiger partial charge in [-0.2, -0.15) is 5.26 Å². The van der Waals surface area contributed by atoms with Gasteiger partial charge in [-0.3, -0.25) is 4.79 Å². The lowest BCUT2D eigenvalue weighted by Gasteiger charge is -2.29. The molecule has 1 atom stereocenters. The van der Waals surface area contributed by atoms with Crippen LogP contribution in [0.2, 0.25) is 0 Å². The summed E-state index contributed by atoms with van der Waals surface area (Å²) in [4.78, 5) is 23.1. The van der Waals surface area contributed by atoms with E-state index in [0.29, 0.717) is 0 Å².